The number of rotatable bonds is 7. The molecule has 1 fully saturated rings. The van der Waals surface area contributed by atoms with Gasteiger partial charge in [-0.1, -0.05) is 19.1 Å². The molecule has 0 radical (unpaired) electrons. The van der Waals surface area contributed by atoms with Gasteiger partial charge in [0, 0.05) is 6.54 Å². The zero-order valence-corrected chi connectivity index (χ0v) is 11.2. The second-order valence-corrected chi connectivity index (χ2v) is 4.00. The fourth-order valence-corrected chi connectivity index (χ4v) is 1.06. The van der Waals surface area contributed by atoms with Crippen LogP contribution in [0.4, 0.5) is 4.79 Å². The van der Waals surface area contributed by atoms with Crippen molar-refractivity contribution >= 4 is 6.09 Å². The van der Waals surface area contributed by atoms with Gasteiger partial charge in [0.1, 0.15) is 6.61 Å². The molecule has 0 bridgehead atoms. The predicted molar refractivity (Wildman–Crippen MR) is 70.5 cm³/mol. The Bertz CT molecular complexity index is 225. The van der Waals surface area contributed by atoms with Crippen LogP contribution in [0.15, 0.2) is 12.2 Å². The summed E-state index contributed by atoms with van der Waals surface area (Å²) in [5.41, 5.74) is 1.44. The number of allylic oxidation sites excluding steroid dienone is 1. The van der Waals surface area contributed by atoms with E-state index in [1.165, 1.54) is 24.8 Å². The van der Waals surface area contributed by atoms with E-state index in [0.717, 1.165) is 6.42 Å². The number of aliphatic hydroxyl groups is 1. The number of nitrogens with one attached hydrogen (secondary N) is 1. The summed E-state index contributed by atoms with van der Waals surface area (Å²) >= 11 is 0. The second kappa shape index (κ2) is 12.4. The van der Waals surface area contributed by atoms with E-state index in [-0.39, 0.29) is 19.8 Å². The smallest absolute Gasteiger partial charge is 0.407 e. The predicted octanol–water partition coefficient (Wildman–Crippen LogP) is 1.86. The van der Waals surface area contributed by atoms with Gasteiger partial charge in [0.15, 0.2) is 0 Å². The highest BCUT2D eigenvalue weighted by Gasteiger charge is 2.02. The minimum atomic E-state index is -0.422. The molecule has 1 aliphatic carbocycles. The van der Waals surface area contributed by atoms with Crippen LogP contribution in [-0.2, 0) is 9.47 Å². The Kier molecular flexibility index (Phi) is 11.7. The number of amides is 1. The molecule has 0 saturated heterocycles. The summed E-state index contributed by atoms with van der Waals surface area (Å²) in [4.78, 5) is 10.8. The lowest BCUT2D eigenvalue weighted by Gasteiger charge is -2.11. The van der Waals surface area contributed by atoms with Gasteiger partial charge < -0.3 is 19.9 Å². The second-order valence-electron chi connectivity index (χ2n) is 4.00. The van der Waals surface area contributed by atoms with Crippen molar-refractivity contribution in [3.8, 4) is 0 Å². The number of hydrogen-bond acceptors (Lipinski definition) is 4. The molecule has 0 aromatic rings. The standard InChI is InChI=1S/C8H17NO4.C5H8/c1-2-3-9-8(11)13-7-6-12-5-4-10;1-5-3-2-4-5/h10H,2-7H2,1H3,(H,9,11);1-4H2. The van der Waals surface area contributed by atoms with Crippen LogP contribution in [0.1, 0.15) is 32.6 Å². The molecule has 1 aliphatic rings. The van der Waals surface area contributed by atoms with E-state index in [4.69, 9.17) is 14.6 Å². The fourth-order valence-electron chi connectivity index (χ4n) is 1.06. The average molecular weight is 259 g/mol. The Morgan fingerprint density at radius 2 is 2.06 bits per heavy atom. The third kappa shape index (κ3) is 11.4. The van der Waals surface area contributed by atoms with Crippen LogP contribution < -0.4 is 5.32 Å². The molecule has 0 aliphatic heterocycles. The maximum absolute atomic E-state index is 10.8. The summed E-state index contributed by atoms with van der Waals surface area (Å²) in [7, 11) is 0. The quantitative estimate of drug-likeness (QED) is 0.541. The summed E-state index contributed by atoms with van der Waals surface area (Å²) in [6, 6.07) is 0. The van der Waals surface area contributed by atoms with E-state index in [1.54, 1.807) is 0 Å². The van der Waals surface area contributed by atoms with Gasteiger partial charge in [-0.3, -0.25) is 0 Å². The van der Waals surface area contributed by atoms with Gasteiger partial charge in [0.2, 0.25) is 0 Å². The molecule has 0 heterocycles. The van der Waals surface area contributed by atoms with Gasteiger partial charge >= 0.3 is 6.09 Å². The summed E-state index contributed by atoms with van der Waals surface area (Å²) in [5.74, 6) is 0. The van der Waals surface area contributed by atoms with E-state index in [2.05, 4.69) is 11.9 Å². The number of carbonyl (C=O) groups excluding carboxylic acids is 1. The Hall–Kier alpha value is -1.07. The largest absolute Gasteiger partial charge is 0.447 e. The molecule has 0 atom stereocenters. The lowest BCUT2D eigenvalue weighted by Crippen LogP contribution is -2.26. The Morgan fingerprint density at radius 1 is 1.39 bits per heavy atom. The Balaban J connectivity index is 0.000000473. The highest BCUT2D eigenvalue weighted by atomic mass is 16.6. The third-order valence-corrected chi connectivity index (χ3v) is 2.28. The number of aliphatic hydroxyl groups excluding tert-OH is 1. The van der Waals surface area contributed by atoms with E-state index in [9.17, 15) is 4.79 Å². The van der Waals surface area contributed by atoms with Crippen LogP contribution in [0.3, 0.4) is 0 Å². The molecule has 0 spiro atoms. The first kappa shape index (κ1) is 16.9. The van der Waals surface area contributed by atoms with Crippen molar-refractivity contribution < 1.29 is 19.4 Å². The first-order chi connectivity index (χ1) is 8.70. The molecular formula is C13H25NO4. The van der Waals surface area contributed by atoms with Crippen LogP contribution in [0.5, 0.6) is 0 Å². The Morgan fingerprint density at radius 3 is 2.50 bits per heavy atom. The summed E-state index contributed by atoms with van der Waals surface area (Å²) in [5, 5.41) is 10.9. The topological polar surface area (TPSA) is 67.8 Å². The first-order valence-corrected chi connectivity index (χ1v) is 6.46. The van der Waals surface area contributed by atoms with Crippen LogP contribution in [-0.4, -0.2) is 44.2 Å². The lowest BCUT2D eigenvalue weighted by atomic mass is 9.95. The lowest BCUT2D eigenvalue weighted by molar-refractivity contribution is 0.0537. The van der Waals surface area contributed by atoms with Gasteiger partial charge in [-0.25, -0.2) is 4.79 Å². The number of hydrogen-bond donors (Lipinski definition) is 2. The molecule has 106 valence electrons. The average Bonchev–Trinajstić information content (AvgIpc) is 2.34. The molecule has 0 aromatic carbocycles. The van der Waals surface area contributed by atoms with Crippen LogP contribution in [0.25, 0.3) is 0 Å². The molecule has 1 amide bonds. The summed E-state index contributed by atoms with van der Waals surface area (Å²) in [6.07, 6.45) is 4.43. The summed E-state index contributed by atoms with van der Waals surface area (Å²) in [6.45, 7) is 7.15. The Labute approximate surface area is 109 Å². The van der Waals surface area contributed by atoms with Crippen molar-refractivity contribution in [1.82, 2.24) is 5.32 Å². The molecule has 1 rings (SSSR count). The molecule has 5 nitrogen and oxygen atoms in total. The molecule has 1 saturated carbocycles. The van der Waals surface area contributed by atoms with Crippen LogP contribution in [0.2, 0.25) is 0 Å². The minimum Gasteiger partial charge on any atom is -0.447 e. The van der Waals surface area contributed by atoms with Gasteiger partial charge in [0.25, 0.3) is 0 Å². The fraction of sp³-hybridized carbons (Fsp3) is 0.769. The van der Waals surface area contributed by atoms with Gasteiger partial charge in [-0.05, 0) is 25.7 Å². The molecule has 0 unspecified atom stereocenters. The van der Waals surface area contributed by atoms with Crippen molar-refractivity contribution in [2.75, 3.05) is 33.0 Å². The van der Waals surface area contributed by atoms with Crippen molar-refractivity contribution in [3.05, 3.63) is 12.2 Å². The van der Waals surface area contributed by atoms with Gasteiger partial charge in [-0.15, -0.1) is 0 Å². The zero-order chi connectivity index (χ0) is 13.6. The van der Waals surface area contributed by atoms with Crippen molar-refractivity contribution in [1.29, 1.82) is 0 Å². The third-order valence-electron chi connectivity index (χ3n) is 2.28. The maximum atomic E-state index is 10.8. The van der Waals surface area contributed by atoms with Crippen LogP contribution in [0, 0.1) is 0 Å². The number of alkyl carbamates (subject to hydrolysis) is 1. The van der Waals surface area contributed by atoms with E-state index in [0.29, 0.717) is 13.2 Å². The molecular weight excluding hydrogens is 234 g/mol. The van der Waals surface area contributed by atoms with E-state index >= 15 is 0 Å². The number of ether oxygens (including phenoxy) is 2. The molecule has 0 aromatic heterocycles. The zero-order valence-electron chi connectivity index (χ0n) is 11.2. The highest BCUT2D eigenvalue weighted by molar-refractivity contribution is 5.66. The van der Waals surface area contributed by atoms with E-state index in [1.807, 2.05) is 6.92 Å². The minimum absolute atomic E-state index is 0.0119. The maximum Gasteiger partial charge on any atom is 0.407 e. The first-order valence-electron chi connectivity index (χ1n) is 6.46. The SMILES string of the molecule is C=C1CCC1.CCCNC(=O)OCCOCCO. The van der Waals surface area contributed by atoms with Crippen molar-refractivity contribution in [3.63, 3.8) is 0 Å². The van der Waals surface area contributed by atoms with Crippen molar-refractivity contribution in [2.45, 2.75) is 32.6 Å². The number of carbonyl (C=O) groups is 1. The van der Waals surface area contributed by atoms with Crippen LogP contribution >= 0.6 is 0 Å². The normalized spacial score (nSPS) is 13.1. The molecule has 2 N–H and O–H groups in total. The summed E-state index contributed by atoms with van der Waals surface area (Å²) < 4.78 is 9.62. The van der Waals surface area contributed by atoms with Gasteiger partial charge in [-0.2, -0.15) is 0 Å². The highest BCUT2D eigenvalue weighted by Crippen LogP contribution is 2.21. The molecule has 5 heteroatoms. The van der Waals surface area contributed by atoms with E-state index < -0.39 is 6.09 Å². The van der Waals surface area contributed by atoms with Crippen molar-refractivity contribution in [2.24, 2.45) is 0 Å². The molecule has 18 heavy (non-hydrogen) atoms. The monoisotopic (exact) mass is 259 g/mol. The van der Waals surface area contributed by atoms with Gasteiger partial charge in [0.05, 0.1) is 19.8 Å².